The molecule has 0 aliphatic carbocycles. The molecule has 1 aromatic carbocycles. The molecule has 2 rings (SSSR count). The molecule has 0 bridgehead atoms. The molecule has 0 aromatic heterocycles. The zero-order chi connectivity index (χ0) is 13.7. The van der Waals surface area contributed by atoms with Gasteiger partial charge in [0.1, 0.15) is 11.5 Å². The van der Waals surface area contributed by atoms with Gasteiger partial charge in [-0.05, 0) is 25.1 Å². The van der Waals surface area contributed by atoms with Crippen LogP contribution in [0.5, 0.6) is 11.5 Å². The van der Waals surface area contributed by atoms with Crippen LogP contribution < -0.4 is 15.8 Å². The van der Waals surface area contributed by atoms with Crippen molar-refractivity contribution in [1.29, 1.82) is 0 Å². The highest BCUT2D eigenvalue weighted by molar-refractivity contribution is 5.39. The molecule has 0 spiro atoms. The first-order valence-corrected chi connectivity index (χ1v) is 6.82. The van der Waals surface area contributed by atoms with Crippen molar-refractivity contribution < 1.29 is 9.84 Å². The molecule has 1 aliphatic rings. The zero-order valence-corrected chi connectivity index (χ0v) is 11.4. The minimum Gasteiger partial charge on any atom is -0.508 e. The predicted octanol–water partition coefficient (Wildman–Crippen LogP) is 0.523. The van der Waals surface area contributed by atoms with Crippen molar-refractivity contribution in [3.8, 4) is 11.5 Å². The maximum atomic E-state index is 9.94. The van der Waals surface area contributed by atoms with E-state index in [1.807, 2.05) is 13.0 Å². The number of nitrogens with one attached hydrogen (secondary N) is 1. The van der Waals surface area contributed by atoms with Crippen LogP contribution in [0, 0.1) is 0 Å². The summed E-state index contributed by atoms with van der Waals surface area (Å²) in [6.45, 7) is 6.83. The van der Waals surface area contributed by atoms with Crippen molar-refractivity contribution in [2.75, 3.05) is 32.8 Å². The molecule has 0 amide bonds. The van der Waals surface area contributed by atoms with Gasteiger partial charge in [-0.25, -0.2) is 0 Å². The van der Waals surface area contributed by atoms with Crippen LogP contribution in [-0.2, 0) is 6.54 Å². The topological polar surface area (TPSA) is 70.8 Å². The Hall–Kier alpha value is -1.30. The van der Waals surface area contributed by atoms with Crippen molar-refractivity contribution in [3.05, 3.63) is 23.8 Å². The van der Waals surface area contributed by atoms with Crippen molar-refractivity contribution in [3.63, 3.8) is 0 Å². The van der Waals surface area contributed by atoms with Crippen LogP contribution in [0.2, 0.25) is 0 Å². The number of benzene rings is 1. The van der Waals surface area contributed by atoms with Gasteiger partial charge in [-0.1, -0.05) is 0 Å². The second kappa shape index (κ2) is 6.75. The highest BCUT2D eigenvalue weighted by atomic mass is 16.5. The number of rotatable bonds is 4. The summed E-state index contributed by atoms with van der Waals surface area (Å²) in [5, 5.41) is 13.2. The summed E-state index contributed by atoms with van der Waals surface area (Å²) in [6.07, 6.45) is 0. The van der Waals surface area contributed by atoms with Gasteiger partial charge in [-0.15, -0.1) is 0 Å². The maximum absolute atomic E-state index is 9.94. The second-order valence-electron chi connectivity index (χ2n) is 4.92. The highest BCUT2D eigenvalue weighted by Gasteiger charge is 2.16. The van der Waals surface area contributed by atoms with Crippen LogP contribution in [0.15, 0.2) is 18.2 Å². The molecule has 1 heterocycles. The first-order chi connectivity index (χ1) is 9.19. The lowest BCUT2D eigenvalue weighted by atomic mass is 10.1. The Morgan fingerprint density at radius 1 is 1.53 bits per heavy atom. The molecule has 1 aliphatic heterocycles. The van der Waals surface area contributed by atoms with Crippen LogP contribution in [0.25, 0.3) is 0 Å². The third kappa shape index (κ3) is 4.09. The fourth-order valence-electron chi connectivity index (χ4n) is 2.34. The Bertz CT molecular complexity index is 412. The van der Waals surface area contributed by atoms with Gasteiger partial charge in [0.15, 0.2) is 0 Å². The quantitative estimate of drug-likeness (QED) is 0.740. The predicted molar refractivity (Wildman–Crippen MR) is 75.4 cm³/mol. The second-order valence-corrected chi connectivity index (χ2v) is 4.92. The summed E-state index contributed by atoms with van der Waals surface area (Å²) in [6, 6.07) is 5.52. The van der Waals surface area contributed by atoms with Crippen molar-refractivity contribution in [2.24, 2.45) is 5.73 Å². The Kier molecular flexibility index (Phi) is 5.01. The van der Waals surface area contributed by atoms with Gasteiger partial charge in [-0.3, -0.25) is 4.90 Å². The van der Waals surface area contributed by atoms with Gasteiger partial charge in [-0.2, -0.15) is 0 Å². The van der Waals surface area contributed by atoms with E-state index in [1.54, 1.807) is 12.1 Å². The Labute approximate surface area is 114 Å². The lowest BCUT2D eigenvalue weighted by molar-refractivity contribution is 0.267. The molecule has 106 valence electrons. The fourth-order valence-corrected chi connectivity index (χ4v) is 2.34. The van der Waals surface area contributed by atoms with Crippen molar-refractivity contribution in [1.82, 2.24) is 10.2 Å². The normalized spacial score (nSPS) is 21.1. The van der Waals surface area contributed by atoms with E-state index in [0.29, 0.717) is 18.9 Å². The van der Waals surface area contributed by atoms with Crippen molar-refractivity contribution in [2.45, 2.75) is 19.5 Å². The van der Waals surface area contributed by atoms with Gasteiger partial charge in [0.2, 0.25) is 0 Å². The molecule has 1 aromatic rings. The molecule has 0 saturated carbocycles. The van der Waals surface area contributed by atoms with Crippen LogP contribution in [-0.4, -0.2) is 48.8 Å². The number of phenols is 1. The van der Waals surface area contributed by atoms with Crippen LogP contribution in [0.3, 0.4) is 0 Å². The van der Waals surface area contributed by atoms with E-state index in [1.165, 1.54) is 0 Å². The lowest BCUT2D eigenvalue weighted by Crippen LogP contribution is -2.38. The van der Waals surface area contributed by atoms with E-state index >= 15 is 0 Å². The van der Waals surface area contributed by atoms with Crippen molar-refractivity contribution >= 4 is 0 Å². The Morgan fingerprint density at radius 2 is 2.37 bits per heavy atom. The van der Waals surface area contributed by atoms with E-state index in [2.05, 4.69) is 10.2 Å². The molecule has 19 heavy (non-hydrogen) atoms. The first kappa shape index (κ1) is 14.1. The van der Waals surface area contributed by atoms with Gasteiger partial charge in [0.25, 0.3) is 0 Å². The average Bonchev–Trinajstić information content (AvgIpc) is 2.58. The highest BCUT2D eigenvalue weighted by Crippen LogP contribution is 2.24. The average molecular weight is 265 g/mol. The van der Waals surface area contributed by atoms with E-state index in [4.69, 9.17) is 10.5 Å². The largest absolute Gasteiger partial charge is 0.508 e. The SMILES string of the molecule is CCOc1ccc(O)c(CN2CCNCC(N)C2)c1. The smallest absolute Gasteiger partial charge is 0.120 e. The van der Waals surface area contributed by atoms with Crippen LogP contribution in [0.4, 0.5) is 0 Å². The summed E-state index contributed by atoms with van der Waals surface area (Å²) in [5.74, 6) is 1.11. The number of aromatic hydroxyl groups is 1. The van der Waals surface area contributed by atoms with Crippen LogP contribution in [0.1, 0.15) is 12.5 Å². The summed E-state index contributed by atoms with van der Waals surface area (Å²) in [5.41, 5.74) is 6.89. The summed E-state index contributed by atoms with van der Waals surface area (Å²) in [4.78, 5) is 2.26. The third-order valence-electron chi connectivity index (χ3n) is 3.26. The molecule has 4 N–H and O–H groups in total. The van der Waals surface area contributed by atoms with E-state index < -0.39 is 0 Å². The molecular formula is C14H23N3O2. The zero-order valence-electron chi connectivity index (χ0n) is 11.4. The lowest BCUT2D eigenvalue weighted by Gasteiger charge is -2.22. The van der Waals surface area contributed by atoms with Gasteiger partial charge >= 0.3 is 0 Å². The minimum absolute atomic E-state index is 0.139. The van der Waals surface area contributed by atoms with E-state index in [0.717, 1.165) is 37.5 Å². The van der Waals surface area contributed by atoms with E-state index in [-0.39, 0.29) is 6.04 Å². The number of nitrogens with zero attached hydrogens (tertiary/aromatic N) is 1. The van der Waals surface area contributed by atoms with Crippen LogP contribution >= 0.6 is 0 Å². The maximum Gasteiger partial charge on any atom is 0.120 e. The molecule has 5 nitrogen and oxygen atoms in total. The summed E-state index contributed by atoms with van der Waals surface area (Å²) < 4.78 is 5.47. The number of phenolic OH excluding ortho intramolecular Hbond substituents is 1. The number of hydrogen-bond acceptors (Lipinski definition) is 5. The minimum atomic E-state index is 0.139. The third-order valence-corrected chi connectivity index (χ3v) is 3.26. The van der Waals surface area contributed by atoms with Gasteiger partial charge in [0, 0.05) is 44.3 Å². The monoisotopic (exact) mass is 265 g/mol. The van der Waals surface area contributed by atoms with E-state index in [9.17, 15) is 5.11 Å². The fraction of sp³-hybridized carbons (Fsp3) is 0.571. The number of hydrogen-bond donors (Lipinski definition) is 3. The van der Waals surface area contributed by atoms with Gasteiger partial charge in [0.05, 0.1) is 6.61 Å². The standard InChI is InChI=1S/C14H23N3O2/c1-2-19-13-3-4-14(18)11(7-13)9-17-6-5-16-8-12(15)10-17/h3-4,7,12,16,18H,2,5-6,8-10,15H2,1H3. The molecule has 1 saturated heterocycles. The summed E-state index contributed by atoms with van der Waals surface area (Å²) >= 11 is 0. The number of ether oxygens (including phenoxy) is 1. The number of nitrogens with two attached hydrogens (primary N) is 1. The molecule has 0 radical (unpaired) electrons. The van der Waals surface area contributed by atoms with Gasteiger partial charge < -0.3 is 20.9 Å². The summed E-state index contributed by atoms with van der Waals surface area (Å²) in [7, 11) is 0. The molecule has 1 fully saturated rings. The molecular weight excluding hydrogens is 242 g/mol. The molecule has 1 atom stereocenters. The molecule has 5 heteroatoms. The Morgan fingerprint density at radius 3 is 3.16 bits per heavy atom. The Balaban J connectivity index is 2.06. The first-order valence-electron chi connectivity index (χ1n) is 6.82. The molecule has 1 unspecified atom stereocenters.